The number of rotatable bonds is 7. The Balaban J connectivity index is 1.24. The molecular formula is C28H30N4O3. The molecule has 0 bridgehead atoms. The van der Waals surface area contributed by atoms with E-state index in [1.165, 1.54) is 0 Å². The van der Waals surface area contributed by atoms with Gasteiger partial charge in [0.1, 0.15) is 23.4 Å². The Morgan fingerprint density at radius 3 is 2.43 bits per heavy atom. The third-order valence-electron chi connectivity index (χ3n) is 7.51. The SMILES string of the molecule is CC1C2N(C(=O)Cc3ccc(Oc4ccccc4)cc3)C(C(=O)NCc3ccc(N)nc3)C[C@]12C. The van der Waals surface area contributed by atoms with Crippen molar-refractivity contribution in [1.29, 1.82) is 0 Å². The Kier molecular flexibility index (Phi) is 5.93. The minimum Gasteiger partial charge on any atom is -0.457 e. The van der Waals surface area contributed by atoms with Crippen LogP contribution >= 0.6 is 0 Å². The first-order valence-corrected chi connectivity index (χ1v) is 12.0. The quantitative estimate of drug-likeness (QED) is 0.545. The molecule has 3 N–H and O–H groups in total. The maximum atomic E-state index is 13.4. The van der Waals surface area contributed by atoms with Gasteiger partial charge in [-0.05, 0) is 59.2 Å². The molecule has 1 aromatic heterocycles. The first kappa shape index (κ1) is 22.9. The van der Waals surface area contributed by atoms with Crippen molar-refractivity contribution in [3.05, 3.63) is 84.1 Å². The van der Waals surface area contributed by atoms with Crippen LogP contribution in [0.25, 0.3) is 0 Å². The second-order valence-corrected chi connectivity index (χ2v) is 9.81. The minimum absolute atomic E-state index is 0.00615. The number of nitrogens with two attached hydrogens (primary N) is 1. The van der Waals surface area contributed by atoms with Crippen molar-refractivity contribution in [2.75, 3.05) is 5.73 Å². The van der Waals surface area contributed by atoms with Crippen LogP contribution in [0.15, 0.2) is 72.9 Å². The lowest BCUT2D eigenvalue weighted by atomic mass is 9.98. The fourth-order valence-electron chi connectivity index (χ4n) is 5.30. The summed E-state index contributed by atoms with van der Waals surface area (Å²) in [4.78, 5) is 32.4. The number of nitrogens with one attached hydrogen (secondary N) is 1. The Hall–Kier alpha value is -3.87. The minimum atomic E-state index is -0.462. The molecule has 1 aliphatic heterocycles. The first-order chi connectivity index (χ1) is 16.8. The summed E-state index contributed by atoms with van der Waals surface area (Å²) in [5.74, 6) is 2.16. The molecule has 2 fully saturated rings. The maximum absolute atomic E-state index is 13.4. The molecule has 2 amide bonds. The number of fused-ring (bicyclic) bond motifs is 1. The molecule has 2 heterocycles. The molecule has 35 heavy (non-hydrogen) atoms. The van der Waals surface area contributed by atoms with Gasteiger partial charge in [0.2, 0.25) is 11.8 Å². The van der Waals surface area contributed by atoms with Gasteiger partial charge in [0.15, 0.2) is 0 Å². The number of para-hydroxylation sites is 1. The number of aromatic nitrogens is 1. The van der Waals surface area contributed by atoms with Crippen LogP contribution in [0.2, 0.25) is 0 Å². The van der Waals surface area contributed by atoms with Crippen molar-refractivity contribution in [2.45, 2.75) is 45.3 Å². The summed E-state index contributed by atoms with van der Waals surface area (Å²) >= 11 is 0. The molecule has 1 aliphatic carbocycles. The van der Waals surface area contributed by atoms with Crippen LogP contribution in [0.1, 0.15) is 31.4 Å². The third-order valence-corrected chi connectivity index (χ3v) is 7.51. The van der Waals surface area contributed by atoms with Gasteiger partial charge in [0.25, 0.3) is 0 Å². The molecule has 180 valence electrons. The summed E-state index contributed by atoms with van der Waals surface area (Å²) in [5.41, 5.74) is 7.39. The number of piperidine rings is 1. The van der Waals surface area contributed by atoms with Crippen molar-refractivity contribution < 1.29 is 14.3 Å². The summed E-state index contributed by atoms with van der Waals surface area (Å²) in [6.45, 7) is 4.69. The molecule has 4 atom stereocenters. The lowest BCUT2D eigenvalue weighted by Gasteiger charge is -2.28. The topological polar surface area (TPSA) is 97.5 Å². The smallest absolute Gasteiger partial charge is 0.243 e. The van der Waals surface area contributed by atoms with Crippen molar-refractivity contribution in [1.82, 2.24) is 15.2 Å². The molecular weight excluding hydrogens is 440 g/mol. The van der Waals surface area contributed by atoms with Gasteiger partial charge in [-0.2, -0.15) is 0 Å². The molecule has 5 rings (SSSR count). The van der Waals surface area contributed by atoms with E-state index in [-0.39, 0.29) is 29.7 Å². The van der Waals surface area contributed by atoms with Gasteiger partial charge in [-0.1, -0.05) is 50.2 Å². The van der Waals surface area contributed by atoms with Gasteiger partial charge in [0, 0.05) is 18.8 Å². The molecule has 0 spiro atoms. The number of pyridine rings is 1. The average Bonchev–Trinajstić information content (AvgIpc) is 3.21. The number of carbonyl (C=O) groups excluding carboxylic acids is 2. The van der Waals surface area contributed by atoms with E-state index < -0.39 is 6.04 Å². The van der Waals surface area contributed by atoms with Gasteiger partial charge >= 0.3 is 0 Å². The number of amides is 2. The van der Waals surface area contributed by atoms with E-state index in [2.05, 4.69) is 24.1 Å². The van der Waals surface area contributed by atoms with Gasteiger partial charge in [-0.15, -0.1) is 0 Å². The van der Waals surface area contributed by atoms with Crippen LogP contribution in [0.5, 0.6) is 11.5 Å². The first-order valence-electron chi connectivity index (χ1n) is 12.0. The summed E-state index contributed by atoms with van der Waals surface area (Å²) in [6.07, 6.45) is 2.58. The summed E-state index contributed by atoms with van der Waals surface area (Å²) in [7, 11) is 0. The highest BCUT2D eigenvalue weighted by atomic mass is 16.5. The highest BCUT2D eigenvalue weighted by Crippen LogP contribution is 2.63. The summed E-state index contributed by atoms with van der Waals surface area (Å²) in [6, 6.07) is 20.3. The van der Waals surface area contributed by atoms with E-state index in [0.717, 1.165) is 16.9 Å². The van der Waals surface area contributed by atoms with E-state index in [9.17, 15) is 9.59 Å². The standard InChI is InChI=1S/C28H30N4O3/c1-18-26-28(18,2)15-23(27(34)31-17-20-10-13-24(29)30-16-20)32(26)25(33)14-19-8-11-22(12-9-19)35-21-6-4-3-5-7-21/h3-13,16,18,23,26H,14-15,17H2,1-2H3,(H2,29,30)(H,31,34)/t18?,23?,26?,28-/m1/s1. The fraction of sp³-hybridized carbons (Fsp3) is 0.321. The maximum Gasteiger partial charge on any atom is 0.243 e. The molecule has 2 aliphatic rings. The molecule has 3 aromatic rings. The predicted molar refractivity (Wildman–Crippen MR) is 133 cm³/mol. The van der Waals surface area contributed by atoms with Crippen molar-refractivity contribution in [3.63, 3.8) is 0 Å². The molecule has 1 saturated heterocycles. The number of hydrogen-bond donors (Lipinski definition) is 2. The van der Waals surface area contributed by atoms with Gasteiger partial charge in [-0.25, -0.2) is 4.98 Å². The largest absolute Gasteiger partial charge is 0.457 e. The molecule has 7 nitrogen and oxygen atoms in total. The molecule has 7 heteroatoms. The van der Waals surface area contributed by atoms with E-state index >= 15 is 0 Å². The van der Waals surface area contributed by atoms with Crippen molar-refractivity contribution in [2.24, 2.45) is 11.3 Å². The number of nitrogens with zero attached hydrogens (tertiary/aromatic N) is 2. The molecule has 0 radical (unpaired) electrons. The van der Waals surface area contributed by atoms with E-state index in [0.29, 0.717) is 30.5 Å². The number of carbonyl (C=O) groups is 2. The monoisotopic (exact) mass is 470 g/mol. The number of hydrogen-bond acceptors (Lipinski definition) is 5. The Bertz CT molecular complexity index is 1210. The van der Waals surface area contributed by atoms with Crippen LogP contribution in [0.4, 0.5) is 5.82 Å². The van der Waals surface area contributed by atoms with Crippen LogP contribution in [0.3, 0.4) is 0 Å². The second kappa shape index (κ2) is 9.06. The molecule has 3 unspecified atom stereocenters. The van der Waals surface area contributed by atoms with Crippen LogP contribution in [-0.4, -0.2) is 33.8 Å². The number of nitrogen functional groups attached to an aromatic ring is 1. The highest BCUT2D eigenvalue weighted by molar-refractivity contribution is 5.90. The van der Waals surface area contributed by atoms with Gasteiger partial charge in [-0.3, -0.25) is 9.59 Å². The predicted octanol–water partition coefficient (Wildman–Crippen LogP) is 3.94. The van der Waals surface area contributed by atoms with Crippen molar-refractivity contribution >= 4 is 17.6 Å². The number of anilines is 1. The summed E-state index contributed by atoms with van der Waals surface area (Å²) < 4.78 is 5.85. The highest BCUT2D eigenvalue weighted by Gasteiger charge is 2.69. The molecule has 2 aromatic carbocycles. The Labute approximate surface area is 205 Å². The fourth-order valence-corrected chi connectivity index (χ4v) is 5.30. The number of ether oxygens (including phenoxy) is 1. The Morgan fingerprint density at radius 2 is 1.74 bits per heavy atom. The van der Waals surface area contributed by atoms with E-state index in [1.807, 2.05) is 65.6 Å². The average molecular weight is 471 g/mol. The van der Waals surface area contributed by atoms with Crippen LogP contribution in [0, 0.1) is 11.3 Å². The van der Waals surface area contributed by atoms with Crippen LogP contribution < -0.4 is 15.8 Å². The zero-order valence-corrected chi connectivity index (χ0v) is 20.0. The third kappa shape index (κ3) is 4.58. The zero-order chi connectivity index (χ0) is 24.6. The van der Waals surface area contributed by atoms with Crippen LogP contribution in [-0.2, 0) is 22.6 Å². The lowest BCUT2D eigenvalue weighted by Crippen LogP contribution is -2.49. The molecule has 1 saturated carbocycles. The van der Waals surface area contributed by atoms with Gasteiger partial charge < -0.3 is 20.7 Å². The van der Waals surface area contributed by atoms with Crippen molar-refractivity contribution in [3.8, 4) is 11.5 Å². The lowest BCUT2D eigenvalue weighted by molar-refractivity contribution is -0.139. The van der Waals surface area contributed by atoms with E-state index in [1.54, 1.807) is 12.3 Å². The number of likely N-dealkylation sites (tertiary alicyclic amines) is 1. The normalized spacial score (nSPS) is 24.5. The Morgan fingerprint density at radius 1 is 1.06 bits per heavy atom. The van der Waals surface area contributed by atoms with Gasteiger partial charge in [0.05, 0.1) is 6.42 Å². The number of benzene rings is 2. The van der Waals surface area contributed by atoms with E-state index in [4.69, 9.17) is 10.5 Å². The zero-order valence-electron chi connectivity index (χ0n) is 20.0. The second-order valence-electron chi connectivity index (χ2n) is 9.81. The summed E-state index contributed by atoms with van der Waals surface area (Å²) in [5, 5.41) is 2.98.